The second-order valence-corrected chi connectivity index (χ2v) is 4.34. The van der Waals surface area contributed by atoms with Crippen LogP contribution >= 0.6 is 0 Å². The molecule has 0 amide bonds. The molecule has 0 aromatic carbocycles. The van der Waals surface area contributed by atoms with Crippen LogP contribution in [0.3, 0.4) is 0 Å². The fourth-order valence-electron chi connectivity index (χ4n) is 1.97. The average Bonchev–Trinajstić information content (AvgIpc) is 2.18. The van der Waals surface area contributed by atoms with Crippen molar-refractivity contribution in [3.63, 3.8) is 0 Å². The molecule has 0 aromatic heterocycles. The first-order valence-corrected chi connectivity index (χ1v) is 5.81. The van der Waals surface area contributed by atoms with Gasteiger partial charge in [0.1, 0.15) is 0 Å². The lowest BCUT2D eigenvalue weighted by Gasteiger charge is -2.32. The second-order valence-electron chi connectivity index (χ2n) is 4.34. The highest BCUT2D eigenvalue weighted by Crippen LogP contribution is 2.06. The highest BCUT2D eigenvalue weighted by Gasteiger charge is 2.18. The quantitative estimate of drug-likeness (QED) is 0.655. The van der Waals surface area contributed by atoms with E-state index in [0.29, 0.717) is 6.10 Å². The van der Waals surface area contributed by atoms with Gasteiger partial charge in [0.2, 0.25) is 0 Å². The van der Waals surface area contributed by atoms with Crippen LogP contribution in [-0.2, 0) is 9.47 Å². The van der Waals surface area contributed by atoms with Crippen molar-refractivity contribution in [1.29, 1.82) is 0 Å². The SMILES string of the molecule is COCCCC(N)CN1CCOC(C)C1. The molecular formula is C11H24N2O2. The summed E-state index contributed by atoms with van der Waals surface area (Å²) in [7, 11) is 1.73. The van der Waals surface area contributed by atoms with E-state index in [4.69, 9.17) is 15.2 Å². The second kappa shape index (κ2) is 7.17. The molecule has 0 aliphatic carbocycles. The summed E-state index contributed by atoms with van der Waals surface area (Å²) in [6, 6.07) is 0.269. The third kappa shape index (κ3) is 5.47. The van der Waals surface area contributed by atoms with Crippen LogP contribution in [0.1, 0.15) is 19.8 Å². The van der Waals surface area contributed by atoms with E-state index in [1.54, 1.807) is 7.11 Å². The van der Waals surface area contributed by atoms with E-state index < -0.39 is 0 Å². The molecule has 1 saturated heterocycles. The van der Waals surface area contributed by atoms with Crippen molar-refractivity contribution >= 4 is 0 Å². The van der Waals surface area contributed by atoms with Gasteiger partial charge in [-0.05, 0) is 19.8 Å². The molecule has 1 rings (SSSR count). The summed E-state index contributed by atoms with van der Waals surface area (Å²) in [5.74, 6) is 0. The zero-order chi connectivity index (χ0) is 11.1. The molecule has 2 atom stereocenters. The molecule has 0 radical (unpaired) electrons. The number of rotatable bonds is 6. The number of nitrogens with two attached hydrogens (primary N) is 1. The summed E-state index contributed by atoms with van der Waals surface area (Å²) < 4.78 is 10.5. The van der Waals surface area contributed by atoms with Gasteiger partial charge in [-0.3, -0.25) is 4.90 Å². The molecule has 15 heavy (non-hydrogen) atoms. The van der Waals surface area contributed by atoms with E-state index in [1.165, 1.54) is 0 Å². The lowest BCUT2D eigenvalue weighted by Crippen LogP contribution is -2.46. The van der Waals surface area contributed by atoms with Gasteiger partial charge in [-0.2, -0.15) is 0 Å². The lowest BCUT2D eigenvalue weighted by atomic mass is 10.1. The van der Waals surface area contributed by atoms with Crippen molar-refractivity contribution in [3.05, 3.63) is 0 Å². The largest absolute Gasteiger partial charge is 0.385 e. The Morgan fingerprint density at radius 1 is 1.60 bits per heavy atom. The topological polar surface area (TPSA) is 47.7 Å². The van der Waals surface area contributed by atoms with E-state index in [-0.39, 0.29) is 6.04 Å². The highest BCUT2D eigenvalue weighted by molar-refractivity contribution is 4.73. The molecular weight excluding hydrogens is 192 g/mol. The first-order chi connectivity index (χ1) is 7.22. The summed E-state index contributed by atoms with van der Waals surface area (Å²) >= 11 is 0. The molecule has 0 saturated carbocycles. The predicted octanol–water partition coefficient (Wildman–Crippen LogP) is 0.461. The minimum atomic E-state index is 0.269. The summed E-state index contributed by atoms with van der Waals surface area (Å²) in [6.07, 6.45) is 2.45. The minimum absolute atomic E-state index is 0.269. The predicted molar refractivity (Wildman–Crippen MR) is 60.9 cm³/mol. The van der Waals surface area contributed by atoms with Crippen molar-refractivity contribution in [2.24, 2.45) is 5.73 Å². The van der Waals surface area contributed by atoms with Crippen molar-refractivity contribution in [2.75, 3.05) is 40.0 Å². The van der Waals surface area contributed by atoms with Crippen molar-refractivity contribution in [3.8, 4) is 0 Å². The number of ether oxygens (including phenoxy) is 2. The molecule has 4 heteroatoms. The summed E-state index contributed by atoms with van der Waals surface area (Å²) in [6.45, 7) is 6.78. The zero-order valence-electron chi connectivity index (χ0n) is 9.95. The van der Waals surface area contributed by atoms with Crippen LogP contribution in [0, 0.1) is 0 Å². The maximum atomic E-state index is 6.05. The van der Waals surface area contributed by atoms with Crippen molar-refractivity contribution in [1.82, 2.24) is 4.90 Å². The van der Waals surface area contributed by atoms with Crippen molar-refractivity contribution < 1.29 is 9.47 Å². The van der Waals surface area contributed by atoms with Crippen LogP contribution in [-0.4, -0.2) is 57.0 Å². The maximum absolute atomic E-state index is 6.05. The summed E-state index contributed by atoms with van der Waals surface area (Å²) in [5.41, 5.74) is 6.05. The molecule has 2 N–H and O–H groups in total. The lowest BCUT2D eigenvalue weighted by molar-refractivity contribution is -0.0202. The van der Waals surface area contributed by atoms with Gasteiger partial charge in [-0.1, -0.05) is 0 Å². The van der Waals surface area contributed by atoms with Gasteiger partial charge in [0.05, 0.1) is 12.7 Å². The molecule has 1 fully saturated rings. The molecule has 2 unspecified atom stereocenters. The van der Waals surface area contributed by atoms with Gasteiger partial charge < -0.3 is 15.2 Å². The number of hydrogen-bond donors (Lipinski definition) is 1. The molecule has 1 aliphatic rings. The Morgan fingerprint density at radius 3 is 3.07 bits per heavy atom. The van der Waals surface area contributed by atoms with Gasteiger partial charge in [0, 0.05) is 39.4 Å². The molecule has 4 nitrogen and oxygen atoms in total. The van der Waals surface area contributed by atoms with Gasteiger partial charge in [0.25, 0.3) is 0 Å². The fraction of sp³-hybridized carbons (Fsp3) is 1.00. The van der Waals surface area contributed by atoms with E-state index in [0.717, 1.165) is 45.7 Å². The van der Waals surface area contributed by atoms with Crippen molar-refractivity contribution in [2.45, 2.75) is 31.9 Å². The van der Waals surface area contributed by atoms with Crippen LogP contribution in [0.2, 0.25) is 0 Å². The Labute approximate surface area is 92.7 Å². The Hall–Kier alpha value is -0.160. The Bertz CT molecular complexity index is 167. The van der Waals surface area contributed by atoms with E-state index in [9.17, 15) is 0 Å². The smallest absolute Gasteiger partial charge is 0.0674 e. The van der Waals surface area contributed by atoms with E-state index in [2.05, 4.69) is 11.8 Å². The van der Waals surface area contributed by atoms with E-state index in [1.807, 2.05) is 0 Å². The van der Waals surface area contributed by atoms with Gasteiger partial charge >= 0.3 is 0 Å². The van der Waals surface area contributed by atoms with Gasteiger partial charge in [-0.25, -0.2) is 0 Å². The standard InChI is InChI=1S/C11H24N2O2/c1-10-8-13(5-7-15-10)9-11(12)4-3-6-14-2/h10-11H,3-9,12H2,1-2H3. The van der Waals surface area contributed by atoms with Gasteiger partial charge in [0.15, 0.2) is 0 Å². The van der Waals surface area contributed by atoms with Crippen LogP contribution in [0.25, 0.3) is 0 Å². The molecule has 90 valence electrons. The fourth-order valence-corrected chi connectivity index (χ4v) is 1.97. The number of methoxy groups -OCH3 is 1. The summed E-state index contributed by atoms with van der Waals surface area (Å²) in [5, 5.41) is 0. The maximum Gasteiger partial charge on any atom is 0.0674 e. The Kier molecular flexibility index (Phi) is 6.17. The Balaban J connectivity index is 2.10. The third-order valence-corrected chi connectivity index (χ3v) is 2.74. The van der Waals surface area contributed by atoms with Gasteiger partial charge in [-0.15, -0.1) is 0 Å². The third-order valence-electron chi connectivity index (χ3n) is 2.74. The first kappa shape index (κ1) is 12.9. The highest BCUT2D eigenvalue weighted by atomic mass is 16.5. The monoisotopic (exact) mass is 216 g/mol. The first-order valence-electron chi connectivity index (χ1n) is 5.81. The molecule has 0 aromatic rings. The molecule has 1 heterocycles. The van der Waals surface area contributed by atoms with Crippen LogP contribution in [0.5, 0.6) is 0 Å². The number of hydrogen-bond acceptors (Lipinski definition) is 4. The average molecular weight is 216 g/mol. The summed E-state index contributed by atoms with van der Waals surface area (Å²) in [4.78, 5) is 2.39. The minimum Gasteiger partial charge on any atom is -0.385 e. The zero-order valence-corrected chi connectivity index (χ0v) is 9.95. The number of morpholine rings is 1. The normalized spacial score (nSPS) is 25.4. The molecule has 0 spiro atoms. The number of nitrogens with zero attached hydrogens (tertiary/aromatic N) is 1. The van der Waals surface area contributed by atoms with E-state index >= 15 is 0 Å². The van der Waals surface area contributed by atoms with Crippen LogP contribution in [0.4, 0.5) is 0 Å². The Morgan fingerprint density at radius 2 is 2.40 bits per heavy atom. The molecule has 1 aliphatic heterocycles. The molecule has 0 bridgehead atoms. The van der Waals surface area contributed by atoms with Crippen LogP contribution < -0.4 is 5.73 Å². The van der Waals surface area contributed by atoms with Crippen LogP contribution in [0.15, 0.2) is 0 Å².